The van der Waals surface area contributed by atoms with Crippen molar-refractivity contribution in [2.24, 2.45) is 0 Å². The van der Waals surface area contributed by atoms with E-state index in [0.717, 1.165) is 39.3 Å². The molecule has 5 nitrogen and oxygen atoms in total. The third-order valence-corrected chi connectivity index (χ3v) is 7.42. The van der Waals surface area contributed by atoms with Crippen LogP contribution >= 0.6 is 11.8 Å². The highest BCUT2D eigenvalue weighted by molar-refractivity contribution is 7.99. The van der Waals surface area contributed by atoms with Gasteiger partial charge in [-0.25, -0.2) is 0 Å². The maximum Gasteiger partial charge on any atom is 0.224 e. The summed E-state index contributed by atoms with van der Waals surface area (Å²) in [5.41, 5.74) is 2.41. The number of carbonyl (C=O) groups is 1. The molecule has 158 valence electrons. The Labute approximate surface area is 183 Å². The summed E-state index contributed by atoms with van der Waals surface area (Å²) in [7, 11) is 0. The topological polar surface area (TPSA) is 36.0 Å². The lowest BCUT2D eigenvalue weighted by atomic mass is 10.2. The van der Waals surface area contributed by atoms with Crippen LogP contribution in [-0.4, -0.2) is 67.7 Å². The molecule has 0 saturated carbocycles. The molecule has 2 saturated heterocycles. The number of fused-ring (bicyclic) bond motifs is 2. The van der Waals surface area contributed by atoms with Crippen LogP contribution in [0.4, 0.5) is 11.4 Å². The van der Waals surface area contributed by atoms with Crippen molar-refractivity contribution < 1.29 is 9.53 Å². The molecule has 30 heavy (non-hydrogen) atoms. The van der Waals surface area contributed by atoms with E-state index in [1.165, 1.54) is 34.0 Å². The molecule has 2 fully saturated rings. The predicted octanol–water partition coefficient (Wildman–Crippen LogP) is 4.00. The van der Waals surface area contributed by atoms with E-state index in [9.17, 15) is 4.79 Å². The number of carbonyl (C=O) groups excluding carboxylic acids is 1. The number of anilines is 2. The maximum absolute atomic E-state index is 13.0. The standard InChI is InChI=1S/C24H29N3O2S/c28-24(26-15-13-25(14-16-26)18-19-6-5-17-29-19)11-12-27-20-7-1-3-9-22(20)30-23-10-4-2-8-21(23)27/h1-4,7-10,19H,5-6,11-18H2/t19-/m0/s1. The Balaban J connectivity index is 1.19. The van der Waals surface area contributed by atoms with Gasteiger partial charge in [-0.05, 0) is 37.1 Å². The molecular weight excluding hydrogens is 394 g/mol. The summed E-state index contributed by atoms with van der Waals surface area (Å²) in [4.78, 5) is 22.3. The van der Waals surface area contributed by atoms with Crippen molar-refractivity contribution in [3.05, 3.63) is 48.5 Å². The van der Waals surface area contributed by atoms with E-state index in [-0.39, 0.29) is 5.91 Å². The Bertz CT molecular complexity index is 846. The maximum atomic E-state index is 13.0. The van der Waals surface area contributed by atoms with Gasteiger partial charge >= 0.3 is 0 Å². The van der Waals surface area contributed by atoms with Crippen LogP contribution in [0.3, 0.4) is 0 Å². The van der Waals surface area contributed by atoms with E-state index in [1.54, 1.807) is 0 Å². The highest BCUT2D eigenvalue weighted by Gasteiger charge is 2.27. The van der Waals surface area contributed by atoms with Gasteiger partial charge in [-0.2, -0.15) is 0 Å². The molecule has 0 radical (unpaired) electrons. The minimum absolute atomic E-state index is 0.264. The van der Waals surface area contributed by atoms with Gasteiger partial charge in [-0.3, -0.25) is 9.69 Å². The molecule has 6 heteroatoms. The van der Waals surface area contributed by atoms with E-state index in [1.807, 2.05) is 16.7 Å². The first-order valence-electron chi connectivity index (χ1n) is 11.0. The average Bonchev–Trinajstić information content (AvgIpc) is 3.30. The molecule has 0 N–H and O–H groups in total. The van der Waals surface area contributed by atoms with Crippen molar-refractivity contribution in [3.63, 3.8) is 0 Å². The van der Waals surface area contributed by atoms with Crippen LogP contribution in [0.15, 0.2) is 58.3 Å². The fourth-order valence-corrected chi connectivity index (χ4v) is 5.74. The number of benzene rings is 2. The molecule has 0 bridgehead atoms. The van der Waals surface area contributed by atoms with Gasteiger partial charge in [0.1, 0.15) is 0 Å². The van der Waals surface area contributed by atoms with Crippen molar-refractivity contribution in [2.45, 2.75) is 35.2 Å². The zero-order valence-corrected chi connectivity index (χ0v) is 18.2. The van der Waals surface area contributed by atoms with Crippen molar-refractivity contribution in [1.82, 2.24) is 9.80 Å². The normalized spacial score (nSPS) is 21.4. The number of para-hydroxylation sites is 2. The monoisotopic (exact) mass is 423 g/mol. The van der Waals surface area contributed by atoms with Crippen molar-refractivity contribution in [1.29, 1.82) is 0 Å². The lowest BCUT2D eigenvalue weighted by Gasteiger charge is -2.37. The van der Waals surface area contributed by atoms with Gasteiger partial charge in [-0.1, -0.05) is 36.0 Å². The van der Waals surface area contributed by atoms with Crippen LogP contribution in [0.25, 0.3) is 0 Å². The van der Waals surface area contributed by atoms with Gasteiger partial charge in [0.25, 0.3) is 0 Å². The highest BCUT2D eigenvalue weighted by Crippen LogP contribution is 2.47. The smallest absolute Gasteiger partial charge is 0.224 e. The minimum atomic E-state index is 0.264. The number of nitrogens with zero attached hydrogens (tertiary/aromatic N) is 3. The zero-order valence-electron chi connectivity index (χ0n) is 17.3. The average molecular weight is 424 g/mol. The largest absolute Gasteiger partial charge is 0.377 e. The van der Waals surface area contributed by atoms with Gasteiger partial charge in [-0.15, -0.1) is 0 Å². The van der Waals surface area contributed by atoms with Gasteiger partial charge in [0, 0.05) is 62.1 Å². The van der Waals surface area contributed by atoms with Crippen LogP contribution in [0.1, 0.15) is 19.3 Å². The van der Waals surface area contributed by atoms with Crippen molar-refractivity contribution >= 4 is 29.0 Å². The van der Waals surface area contributed by atoms with Crippen LogP contribution in [0.2, 0.25) is 0 Å². The minimum Gasteiger partial charge on any atom is -0.377 e. The Morgan fingerprint density at radius 1 is 0.967 bits per heavy atom. The number of piperazine rings is 1. The summed E-state index contributed by atoms with van der Waals surface area (Å²) in [6.07, 6.45) is 3.30. The Hall–Kier alpha value is -2.02. The summed E-state index contributed by atoms with van der Waals surface area (Å²) in [6, 6.07) is 17.0. The van der Waals surface area contributed by atoms with Crippen molar-refractivity contribution in [3.8, 4) is 0 Å². The van der Waals surface area contributed by atoms with E-state index in [2.05, 4.69) is 58.3 Å². The van der Waals surface area contributed by atoms with Gasteiger partial charge < -0.3 is 14.5 Å². The number of rotatable bonds is 5. The van der Waals surface area contributed by atoms with Gasteiger partial charge in [0.05, 0.1) is 17.5 Å². The molecule has 1 atom stereocenters. The Morgan fingerprint density at radius 3 is 2.27 bits per heavy atom. The predicted molar refractivity (Wildman–Crippen MR) is 121 cm³/mol. The summed E-state index contributed by atoms with van der Waals surface area (Å²) < 4.78 is 5.76. The second kappa shape index (κ2) is 9.00. The molecule has 0 aliphatic carbocycles. The first-order valence-corrected chi connectivity index (χ1v) is 11.8. The number of hydrogen-bond donors (Lipinski definition) is 0. The van der Waals surface area contributed by atoms with Gasteiger partial charge in [0.15, 0.2) is 0 Å². The lowest BCUT2D eigenvalue weighted by molar-refractivity contribution is -0.132. The summed E-state index contributed by atoms with van der Waals surface area (Å²) in [6.45, 7) is 6.20. The summed E-state index contributed by atoms with van der Waals surface area (Å²) in [5.74, 6) is 0.264. The molecule has 2 aromatic rings. The van der Waals surface area contributed by atoms with Gasteiger partial charge in [0.2, 0.25) is 5.91 Å². The van der Waals surface area contributed by atoms with E-state index in [4.69, 9.17) is 4.74 Å². The zero-order chi connectivity index (χ0) is 20.3. The molecule has 5 rings (SSSR count). The quantitative estimate of drug-likeness (QED) is 0.726. The molecule has 3 heterocycles. The Kier molecular flexibility index (Phi) is 5.97. The number of ether oxygens (including phenoxy) is 1. The first kappa shape index (κ1) is 19.9. The third kappa shape index (κ3) is 4.22. The molecule has 3 aliphatic rings. The fraction of sp³-hybridized carbons (Fsp3) is 0.458. The molecule has 3 aliphatic heterocycles. The lowest BCUT2D eigenvalue weighted by Crippen LogP contribution is -2.50. The van der Waals surface area contributed by atoms with Crippen LogP contribution < -0.4 is 4.90 Å². The van der Waals surface area contributed by atoms with Crippen LogP contribution in [-0.2, 0) is 9.53 Å². The second-order valence-electron chi connectivity index (χ2n) is 8.26. The first-order chi connectivity index (χ1) is 14.8. The molecule has 0 unspecified atom stereocenters. The van der Waals surface area contributed by atoms with Crippen molar-refractivity contribution in [2.75, 3.05) is 50.8 Å². The molecule has 2 aromatic carbocycles. The number of amides is 1. The summed E-state index contributed by atoms with van der Waals surface area (Å²) >= 11 is 1.81. The van der Waals surface area contributed by atoms with E-state index < -0.39 is 0 Å². The second-order valence-corrected chi connectivity index (χ2v) is 9.34. The highest BCUT2D eigenvalue weighted by atomic mass is 32.2. The fourth-order valence-electron chi connectivity index (χ4n) is 4.64. The molecule has 0 aromatic heterocycles. The number of hydrogen-bond acceptors (Lipinski definition) is 5. The molecule has 0 spiro atoms. The van der Waals surface area contributed by atoms with E-state index in [0.29, 0.717) is 19.1 Å². The Morgan fingerprint density at radius 2 is 1.63 bits per heavy atom. The SMILES string of the molecule is O=C(CCN1c2ccccc2Sc2ccccc21)N1CCN(C[C@@H]2CCCO2)CC1. The van der Waals surface area contributed by atoms with Crippen LogP contribution in [0, 0.1) is 0 Å². The summed E-state index contributed by atoms with van der Waals surface area (Å²) in [5, 5.41) is 0. The third-order valence-electron chi connectivity index (χ3n) is 6.29. The molecule has 1 amide bonds. The molecular formula is C24H29N3O2S. The van der Waals surface area contributed by atoms with Crippen LogP contribution in [0.5, 0.6) is 0 Å². The van der Waals surface area contributed by atoms with E-state index >= 15 is 0 Å².